The second kappa shape index (κ2) is 8.76. The maximum Gasteiger partial charge on any atom is 0.159 e. The van der Waals surface area contributed by atoms with Crippen LogP contribution in [0.2, 0.25) is 0 Å². The van der Waals surface area contributed by atoms with Crippen molar-refractivity contribution in [2.24, 2.45) is 0 Å². The van der Waals surface area contributed by atoms with Gasteiger partial charge in [-0.05, 0) is 68.7 Å². The predicted octanol–water partition coefficient (Wildman–Crippen LogP) is 5.16. The molecule has 1 atom stereocenters. The molecule has 0 saturated carbocycles. The first kappa shape index (κ1) is 20.4. The molecule has 0 radical (unpaired) electrons. The lowest BCUT2D eigenvalue weighted by Crippen LogP contribution is -2.32. The van der Waals surface area contributed by atoms with Gasteiger partial charge in [0.25, 0.3) is 0 Å². The van der Waals surface area contributed by atoms with E-state index < -0.39 is 17.7 Å². The highest BCUT2D eigenvalue weighted by atomic mass is 19.2. The van der Waals surface area contributed by atoms with Crippen LogP contribution in [-0.4, -0.2) is 27.6 Å². The van der Waals surface area contributed by atoms with Crippen LogP contribution in [0.1, 0.15) is 43.2 Å². The fourth-order valence-corrected chi connectivity index (χ4v) is 3.30. The van der Waals surface area contributed by atoms with E-state index in [2.05, 4.69) is 23.7 Å². The summed E-state index contributed by atoms with van der Waals surface area (Å²) in [5.41, 5.74) is 3.45. The van der Waals surface area contributed by atoms with Gasteiger partial charge in [0.1, 0.15) is 0 Å². The molecule has 0 aliphatic rings. The van der Waals surface area contributed by atoms with Gasteiger partial charge >= 0.3 is 0 Å². The van der Waals surface area contributed by atoms with Crippen molar-refractivity contribution in [1.82, 2.24) is 9.88 Å². The van der Waals surface area contributed by atoms with Crippen LogP contribution < -0.4 is 0 Å². The number of benzene rings is 2. The van der Waals surface area contributed by atoms with Crippen LogP contribution in [0, 0.1) is 18.6 Å². The average Bonchev–Trinajstić information content (AvgIpc) is 2.66. The fourth-order valence-electron chi connectivity index (χ4n) is 3.30. The Bertz CT molecular complexity index is 958. The van der Waals surface area contributed by atoms with Crippen molar-refractivity contribution in [3.63, 3.8) is 0 Å². The molecule has 3 nitrogen and oxygen atoms in total. The number of rotatable bonds is 7. The molecular weight excluding hydrogens is 358 g/mol. The van der Waals surface area contributed by atoms with Gasteiger partial charge in [-0.1, -0.05) is 18.2 Å². The van der Waals surface area contributed by atoms with E-state index in [4.69, 9.17) is 0 Å². The van der Waals surface area contributed by atoms with Gasteiger partial charge in [0.15, 0.2) is 11.6 Å². The molecule has 148 valence electrons. The van der Waals surface area contributed by atoms with E-state index in [0.717, 1.165) is 28.2 Å². The smallest absolute Gasteiger partial charge is 0.159 e. The molecule has 1 N–H and O–H groups in total. The summed E-state index contributed by atoms with van der Waals surface area (Å²) in [5, 5.41) is 11.7. The Morgan fingerprint density at radius 2 is 1.79 bits per heavy atom. The summed E-state index contributed by atoms with van der Waals surface area (Å²) in [5.74, 6) is -1.67. The van der Waals surface area contributed by atoms with E-state index in [-0.39, 0.29) is 6.04 Å². The Morgan fingerprint density at radius 1 is 1.00 bits per heavy atom. The van der Waals surface area contributed by atoms with Crippen molar-refractivity contribution >= 4 is 10.9 Å². The monoisotopic (exact) mass is 384 g/mol. The number of aliphatic hydroxyl groups is 1. The van der Waals surface area contributed by atoms with E-state index in [0.29, 0.717) is 25.1 Å². The molecule has 0 amide bonds. The van der Waals surface area contributed by atoms with Crippen LogP contribution in [0.25, 0.3) is 10.9 Å². The molecule has 0 bridgehead atoms. The molecule has 0 aliphatic heterocycles. The molecule has 0 spiro atoms. The van der Waals surface area contributed by atoms with Crippen LogP contribution in [0.4, 0.5) is 8.78 Å². The third-order valence-electron chi connectivity index (χ3n) is 5.03. The molecule has 1 unspecified atom stereocenters. The number of hydrogen-bond donors (Lipinski definition) is 1. The minimum atomic E-state index is -0.837. The Hall–Kier alpha value is -2.37. The molecule has 28 heavy (non-hydrogen) atoms. The number of aromatic nitrogens is 1. The first-order valence-corrected chi connectivity index (χ1v) is 9.57. The number of fused-ring (bicyclic) bond motifs is 1. The predicted molar refractivity (Wildman–Crippen MR) is 108 cm³/mol. The number of nitrogens with zero attached hydrogens (tertiary/aromatic N) is 2. The summed E-state index contributed by atoms with van der Waals surface area (Å²) < 4.78 is 26.6. The van der Waals surface area contributed by atoms with E-state index in [1.807, 2.05) is 37.3 Å². The van der Waals surface area contributed by atoms with Crippen molar-refractivity contribution in [1.29, 1.82) is 0 Å². The lowest BCUT2D eigenvalue weighted by molar-refractivity contribution is 0.127. The van der Waals surface area contributed by atoms with Crippen molar-refractivity contribution in [2.75, 3.05) is 6.54 Å². The first-order chi connectivity index (χ1) is 13.3. The topological polar surface area (TPSA) is 36.4 Å². The van der Waals surface area contributed by atoms with Gasteiger partial charge in [0.05, 0.1) is 11.6 Å². The minimum absolute atomic E-state index is 0.212. The molecular formula is C23H26F2N2O. The normalized spacial score (nSPS) is 12.9. The molecule has 3 rings (SSSR count). The van der Waals surface area contributed by atoms with Gasteiger partial charge in [0.2, 0.25) is 0 Å². The zero-order valence-corrected chi connectivity index (χ0v) is 16.5. The Morgan fingerprint density at radius 3 is 2.50 bits per heavy atom. The molecule has 3 aromatic rings. The van der Waals surface area contributed by atoms with Crippen LogP contribution in [0.15, 0.2) is 48.5 Å². The van der Waals surface area contributed by atoms with Gasteiger partial charge < -0.3 is 5.11 Å². The Kier molecular flexibility index (Phi) is 6.37. The van der Waals surface area contributed by atoms with E-state index >= 15 is 0 Å². The van der Waals surface area contributed by atoms with Crippen molar-refractivity contribution in [2.45, 2.75) is 45.9 Å². The highest BCUT2D eigenvalue weighted by molar-refractivity contribution is 5.79. The SMILES string of the molecule is Cc1ccc2cc(C(O)CCN(Cc3ccc(F)c(F)c3)C(C)C)ccc2n1. The lowest BCUT2D eigenvalue weighted by Gasteiger charge is -2.27. The zero-order valence-electron chi connectivity index (χ0n) is 16.5. The number of hydrogen-bond acceptors (Lipinski definition) is 3. The number of pyridine rings is 1. The number of aliphatic hydroxyl groups excluding tert-OH is 1. The van der Waals surface area contributed by atoms with E-state index in [1.54, 1.807) is 6.07 Å². The Balaban J connectivity index is 1.67. The molecule has 2 aromatic carbocycles. The summed E-state index contributed by atoms with van der Waals surface area (Å²) in [4.78, 5) is 6.63. The quantitative estimate of drug-likeness (QED) is 0.612. The maximum atomic E-state index is 13.5. The molecule has 1 heterocycles. The summed E-state index contributed by atoms with van der Waals surface area (Å²) in [6.07, 6.45) is -0.0518. The summed E-state index contributed by atoms with van der Waals surface area (Å²) >= 11 is 0. The number of aryl methyl sites for hydroxylation is 1. The van der Waals surface area contributed by atoms with Gasteiger partial charge in [-0.15, -0.1) is 0 Å². The summed E-state index contributed by atoms with van der Waals surface area (Å²) in [6.45, 7) is 7.20. The zero-order chi connectivity index (χ0) is 20.3. The van der Waals surface area contributed by atoms with Crippen molar-refractivity contribution in [3.05, 3.63) is 77.0 Å². The van der Waals surface area contributed by atoms with Gasteiger partial charge in [-0.2, -0.15) is 0 Å². The highest BCUT2D eigenvalue weighted by Crippen LogP contribution is 2.23. The Labute approximate surface area is 164 Å². The highest BCUT2D eigenvalue weighted by Gasteiger charge is 2.15. The fraction of sp³-hybridized carbons (Fsp3) is 0.348. The second-order valence-corrected chi connectivity index (χ2v) is 7.52. The largest absolute Gasteiger partial charge is 0.388 e. The van der Waals surface area contributed by atoms with Crippen molar-refractivity contribution in [3.8, 4) is 0 Å². The molecule has 0 saturated heterocycles. The average molecular weight is 384 g/mol. The standard InChI is InChI=1S/C23H26F2N2O/c1-15(2)27(14-17-5-8-20(24)21(25)12-17)11-10-23(28)19-7-9-22-18(13-19)6-4-16(3)26-22/h4-9,12-13,15,23,28H,10-11,14H2,1-3H3. The summed E-state index contributed by atoms with van der Waals surface area (Å²) in [6, 6.07) is 14.0. The summed E-state index contributed by atoms with van der Waals surface area (Å²) in [7, 11) is 0. The maximum absolute atomic E-state index is 13.5. The third kappa shape index (κ3) is 4.91. The number of halogens is 2. The van der Waals surface area contributed by atoms with Crippen molar-refractivity contribution < 1.29 is 13.9 Å². The third-order valence-corrected chi connectivity index (χ3v) is 5.03. The van der Waals surface area contributed by atoms with Crippen LogP contribution in [0.5, 0.6) is 0 Å². The second-order valence-electron chi connectivity index (χ2n) is 7.52. The van der Waals surface area contributed by atoms with E-state index in [1.165, 1.54) is 6.07 Å². The molecule has 5 heteroatoms. The molecule has 1 aromatic heterocycles. The molecule has 0 fully saturated rings. The van der Waals surface area contributed by atoms with Crippen LogP contribution in [0.3, 0.4) is 0 Å². The van der Waals surface area contributed by atoms with Gasteiger partial charge in [0, 0.05) is 30.2 Å². The lowest BCUT2D eigenvalue weighted by atomic mass is 10.0. The van der Waals surface area contributed by atoms with Crippen LogP contribution in [-0.2, 0) is 6.54 Å². The van der Waals surface area contributed by atoms with E-state index in [9.17, 15) is 13.9 Å². The van der Waals surface area contributed by atoms with Gasteiger partial charge in [-0.25, -0.2) is 8.78 Å². The van der Waals surface area contributed by atoms with Crippen LogP contribution >= 0.6 is 0 Å². The van der Waals surface area contributed by atoms with Gasteiger partial charge in [-0.3, -0.25) is 9.88 Å². The molecule has 0 aliphatic carbocycles. The minimum Gasteiger partial charge on any atom is -0.388 e. The first-order valence-electron chi connectivity index (χ1n) is 9.57.